The van der Waals surface area contributed by atoms with Crippen LogP contribution in [0.15, 0.2) is 199 Å². The van der Waals surface area contributed by atoms with Gasteiger partial charge in [0.25, 0.3) is 0 Å². The zero-order valence-electron chi connectivity index (χ0n) is 31.2. The Hall–Kier alpha value is -7.89. The third-order valence-electron chi connectivity index (χ3n) is 11.4. The lowest BCUT2D eigenvalue weighted by atomic mass is 10.0. The molecule has 0 fully saturated rings. The van der Waals surface area contributed by atoms with Crippen molar-refractivity contribution in [3.63, 3.8) is 0 Å². The van der Waals surface area contributed by atoms with Gasteiger partial charge in [0.1, 0.15) is 11.2 Å². The van der Waals surface area contributed by atoms with Gasteiger partial charge in [-0.2, -0.15) is 0 Å². The van der Waals surface area contributed by atoms with E-state index in [-0.39, 0.29) is 0 Å². The predicted molar refractivity (Wildman–Crippen MR) is 238 cm³/mol. The van der Waals surface area contributed by atoms with Gasteiger partial charge in [-0.1, -0.05) is 164 Å². The zero-order valence-corrected chi connectivity index (χ0v) is 31.2. The summed E-state index contributed by atoms with van der Waals surface area (Å²) in [5, 5.41) is 9.20. The molecule has 0 bridgehead atoms. The van der Waals surface area contributed by atoms with Crippen LogP contribution >= 0.6 is 0 Å². The molecule has 0 radical (unpaired) electrons. The van der Waals surface area contributed by atoms with Crippen LogP contribution < -0.4 is 0 Å². The SMILES string of the molecule is c1ccc(-c2ccc(-c3nc(-c4ccccc4)nc(-c4cc(-n5c6cc7ccccc7cc6c6ccc7ccccc7c65)cc5c4oc4ccccc45)n3)cc2)cc1. The van der Waals surface area contributed by atoms with Crippen LogP contribution in [0, 0.1) is 0 Å². The number of benzene rings is 9. The Bertz CT molecular complexity index is 3550. The van der Waals surface area contributed by atoms with E-state index in [0.29, 0.717) is 17.5 Å². The Morgan fingerprint density at radius 3 is 1.69 bits per heavy atom. The van der Waals surface area contributed by atoms with Gasteiger partial charge >= 0.3 is 0 Å². The summed E-state index contributed by atoms with van der Waals surface area (Å²) in [7, 11) is 0. The summed E-state index contributed by atoms with van der Waals surface area (Å²) >= 11 is 0. The van der Waals surface area contributed by atoms with Crippen molar-refractivity contribution in [1.82, 2.24) is 19.5 Å². The lowest BCUT2D eigenvalue weighted by molar-refractivity contribution is 0.669. The summed E-state index contributed by atoms with van der Waals surface area (Å²) in [5.41, 5.74) is 9.71. The molecule has 58 heavy (non-hydrogen) atoms. The minimum Gasteiger partial charge on any atom is -0.455 e. The molecule has 0 aliphatic rings. The molecule has 12 aromatic rings. The molecule has 270 valence electrons. The van der Waals surface area contributed by atoms with Crippen LogP contribution in [0.5, 0.6) is 0 Å². The summed E-state index contributed by atoms with van der Waals surface area (Å²) < 4.78 is 9.18. The second-order valence-corrected chi connectivity index (χ2v) is 14.8. The quantitative estimate of drug-likeness (QED) is 0.176. The van der Waals surface area contributed by atoms with Gasteiger partial charge in [-0.3, -0.25) is 0 Å². The molecule has 12 rings (SSSR count). The number of furan rings is 1. The third kappa shape index (κ3) is 5.14. The van der Waals surface area contributed by atoms with Crippen LogP contribution in [0.4, 0.5) is 0 Å². The van der Waals surface area contributed by atoms with Crippen LogP contribution in [0.2, 0.25) is 0 Å². The highest BCUT2D eigenvalue weighted by Crippen LogP contribution is 2.43. The number of hydrogen-bond acceptors (Lipinski definition) is 4. The molecule has 9 aromatic carbocycles. The minimum absolute atomic E-state index is 0.540. The minimum atomic E-state index is 0.540. The van der Waals surface area contributed by atoms with Crippen molar-refractivity contribution in [2.45, 2.75) is 0 Å². The van der Waals surface area contributed by atoms with Crippen LogP contribution in [0.1, 0.15) is 0 Å². The predicted octanol–water partition coefficient (Wildman–Crippen LogP) is 13.8. The van der Waals surface area contributed by atoms with Crippen molar-refractivity contribution in [2.75, 3.05) is 0 Å². The first-order valence-corrected chi connectivity index (χ1v) is 19.5. The fraction of sp³-hybridized carbons (Fsp3) is 0. The molecule has 0 N–H and O–H groups in total. The second kappa shape index (κ2) is 12.8. The lowest BCUT2D eigenvalue weighted by Crippen LogP contribution is -2.02. The Morgan fingerprint density at radius 2 is 0.931 bits per heavy atom. The Balaban J connectivity index is 1.17. The summed E-state index contributed by atoms with van der Waals surface area (Å²) in [6, 6.07) is 68.1. The molecule has 0 aliphatic carbocycles. The average Bonchev–Trinajstić information content (AvgIpc) is 3.84. The van der Waals surface area contributed by atoms with Crippen molar-refractivity contribution < 1.29 is 4.42 Å². The monoisotopic (exact) mass is 740 g/mol. The number of nitrogens with zero attached hydrogens (tertiary/aromatic N) is 4. The van der Waals surface area contributed by atoms with Gasteiger partial charge in [0.05, 0.1) is 16.6 Å². The number of hydrogen-bond donors (Lipinski definition) is 0. The highest BCUT2D eigenvalue weighted by molar-refractivity contribution is 6.21. The maximum absolute atomic E-state index is 6.76. The highest BCUT2D eigenvalue weighted by Gasteiger charge is 2.22. The second-order valence-electron chi connectivity index (χ2n) is 14.8. The summed E-state index contributed by atoms with van der Waals surface area (Å²) in [6.07, 6.45) is 0. The molecule has 3 heterocycles. The van der Waals surface area contributed by atoms with Gasteiger partial charge < -0.3 is 8.98 Å². The average molecular weight is 741 g/mol. The van der Waals surface area contributed by atoms with E-state index in [0.717, 1.165) is 66.5 Å². The van der Waals surface area contributed by atoms with Gasteiger partial charge in [0, 0.05) is 43.7 Å². The van der Waals surface area contributed by atoms with Gasteiger partial charge in [-0.15, -0.1) is 0 Å². The molecule has 0 aliphatic heterocycles. The molecule has 5 heteroatoms. The maximum atomic E-state index is 6.76. The third-order valence-corrected chi connectivity index (χ3v) is 11.4. The van der Waals surface area contributed by atoms with Crippen molar-refractivity contribution >= 4 is 65.3 Å². The fourth-order valence-electron chi connectivity index (χ4n) is 8.62. The van der Waals surface area contributed by atoms with Crippen LogP contribution in [0.25, 0.3) is 116 Å². The molecule has 0 atom stereocenters. The molecule has 0 spiro atoms. The summed E-state index contributed by atoms with van der Waals surface area (Å²) in [4.78, 5) is 15.6. The van der Waals surface area contributed by atoms with E-state index >= 15 is 0 Å². The van der Waals surface area contributed by atoms with Crippen molar-refractivity contribution in [2.24, 2.45) is 0 Å². The molecule has 0 saturated carbocycles. The Kier molecular flexibility index (Phi) is 7.16. The smallest absolute Gasteiger partial charge is 0.167 e. The largest absolute Gasteiger partial charge is 0.455 e. The van der Waals surface area contributed by atoms with E-state index in [4.69, 9.17) is 19.4 Å². The Morgan fingerprint density at radius 1 is 0.362 bits per heavy atom. The van der Waals surface area contributed by atoms with E-state index in [9.17, 15) is 0 Å². The number of aromatic nitrogens is 4. The molecular weight excluding hydrogens is 709 g/mol. The van der Waals surface area contributed by atoms with Crippen LogP contribution in [-0.2, 0) is 0 Å². The van der Waals surface area contributed by atoms with Gasteiger partial charge in [-0.25, -0.2) is 15.0 Å². The van der Waals surface area contributed by atoms with E-state index in [1.54, 1.807) is 0 Å². The van der Waals surface area contributed by atoms with Gasteiger partial charge in [0.2, 0.25) is 0 Å². The van der Waals surface area contributed by atoms with Crippen molar-refractivity contribution in [3.05, 3.63) is 194 Å². The normalized spacial score (nSPS) is 11.8. The van der Waals surface area contributed by atoms with E-state index in [1.807, 2.05) is 48.5 Å². The summed E-state index contributed by atoms with van der Waals surface area (Å²) in [6.45, 7) is 0. The van der Waals surface area contributed by atoms with Crippen LogP contribution in [-0.4, -0.2) is 19.5 Å². The first-order chi connectivity index (χ1) is 28.7. The van der Waals surface area contributed by atoms with Crippen molar-refractivity contribution in [1.29, 1.82) is 0 Å². The standard InChI is InChI=1S/C53H32N4O/c1-3-13-33(14-4-1)34-23-25-37(26-24-34)52-54-51(36-16-5-2-6-17-36)55-53(56-52)46-32-40(31-45-42-21-11-12-22-48(42)58-50(45)46)57-47-30-39-19-8-7-18-38(39)29-44(47)43-28-27-35-15-9-10-20-41(35)49(43)57/h1-32H. The fourth-order valence-corrected chi connectivity index (χ4v) is 8.62. The molecule has 3 aromatic heterocycles. The van der Waals surface area contributed by atoms with E-state index in [2.05, 4.69) is 150 Å². The number of fused-ring (bicyclic) bond motifs is 9. The number of rotatable bonds is 5. The number of para-hydroxylation sites is 1. The Labute approximate surface area is 333 Å². The van der Waals surface area contributed by atoms with Crippen LogP contribution in [0.3, 0.4) is 0 Å². The first kappa shape index (κ1) is 32.4. The molecule has 0 unspecified atom stereocenters. The van der Waals surface area contributed by atoms with Crippen molar-refractivity contribution in [3.8, 4) is 51.0 Å². The molecule has 0 saturated heterocycles. The van der Waals surface area contributed by atoms with E-state index in [1.165, 1.54) is 32.3 Å². The zero-order chi connectivity index (χ0) is 38.2. The maximum Gasteiger partial charge on any atom is 0.167 e. The van der Waals surface area contributed by atoms with Gasteiger partial charge in [0.15, 0.2) is 17.5 Å². The van der Waals surface area contributed by atoms with Gasteiger partial charge in [-0.05, 0) is 57.6 Å². The highest BCUT2D eigenvalue weighted by atomic mass is 16.3. The topological polar surface area (TPSA) is 56.7 Å². The lowest BCUT2D eigenvalue weighted by Gasteiger charge is -2.14. The molecule has 0 amide bonds. The first-order valence-electron chi connectivity index (χ1n) is 19.5. The molecular formula is C53H32N4O. The summed E-state index contributed by atoms with van der Waals surface area (Å²) in [5.74, 6) is 1.72. The van der Waals surface area contributed by atoms with E-state index < -0.39 is 0 Å². The molecule has 5 nitrogen and oxygen atoms in total.